The van der Waals surface area contributed by atoms with Crippen LogP contribution in [0.25, 0.3) is 6.08 Å². The maximum Gasteiger partial charge on any atom is 0.266 e. The molecule has 1 saturated heterocycles. The number of halogens is 1. The van der Waals surface area contributed by atoms with Crippen molar-refractivity contribution < 1.29 is 14.3 Å². The van der Waals surface area contributed by atoms with E-state index >= 15 is 0 Å². The van der Waals surface area contributed by atoms with Crippen molar-refractivity contribution in [3.63, 3.8) is 0 Å². The van der Waals surface area contributed by atoms with Gasteiger partial charge in [-0.1, -0.05) is 67.1 Å². The summed E-state index contributed by atoms with van der Waals surface area (Å²) in [7, 11) is 3.33. The summed E-state index contributed by atoms with van der Waals surface area (Å²) in [5.41, 5.74) is 3.62. The number of para-hydroxylation sites is 2. The molecule has 34 heavy (non-hydrogen) atoms. The molecular weight excluding hydrogens is 468 g/mol. The van der Waals surface area contributed by atoms with E-state index in [2.05, 4.69) is 13.0 Å². The number of hydrogen-bond acceptors (Lipinski definition) is 5. The normalized spacial score (nSPS) is 15.9. The van der Waals surface area contributed by atoms with E-state index in [0.717, 1.165) is 28.8 Å². The average molecular weight is 493 g/mol. The Morgan fingerprint density at radius 3 is 2.50 bits per heavy atom. The molecule has 1 heterocycles. The Kier molecular flexibility index (Phi) is 7.60. The number of amidine groups is 1. The number of aliphatic imine (C=N–C) groups is 1. The number of amides is 1. The molecule has 1 aliphatic heterocycles. The average Bonchev–Trinajstić information content (AvgIpc) is 3.12. The van der Waals surface area contributed by atoms with Crippen molar-refractivity contribution in [1.29, 1.82) is 0 Å². The first-order chi connectivity index (χ1) is 16.5. The van der Waals surface area contributed by atoms with Gasteiger partial charge in [0.05, 0.1) is 17.7 Å². The van der Waals surface area contributed by atoms with Crippen LogP contribution in [-0.4, -0.2) is 30.1 Å². The molecule has 0 atom stereocenters. The smallest absolute Gasteiger partial charge is 0.266 e. The molecule has 4 rings (SSSR count). The standard InChI is InChI=1S/C27H25ClN2O3S/c1-4-18-10-6-8-14-22(18)29-27-30(2)26(31)24(34-27)16-19-12-9-15-23(32-3)25(19)33-17-20-11-5-7-13-21(20)28/h5-16H,4,17H2,1-3H3/b24-16+,29-27?. The van der Waals surface area contributed by atoms with Gasteiger partial charge in [-0.25, -0.2) is 4.99 Å². The third kappa shape index (κ3) is 5.13. The van der Waals surface area contributed by atoms with Crippen LogP contribution in [-0.2, 0) is 17.8 Å². The number of methoxy groups -OCH3 is 1. The third-order valence-electron chi connectivity index (χ3n) is 5.44. The van der Waals surface area contributed by atoms with E-state index in [1.165, 1.54) is 11.8 Å². The van der Waals surface area contributed by atoms with Gasteiger partial charge in [-0.15, -0.1) is 0 Å². The maximum absolute atomic E-state index is 13.0. The molecule has 1 aliphatic rings. The van der Waals surface area contributed by atoms with Crippen LogP contribution >= 0.6 is 23.4 Å². The molecular formula is C27H25ClN2O3S. The number of hydrogen-bond donors (Lipinski definition) is 0. The first-order valence-corrected chi connectivity index (χ1v) is 12.1. The summed E-state index contributed by atoms with van der Waals surface area (Å²) in [6, 6.07) is 21.1. The van der Waals surface area contributed by atoms with Crippen molar-refractivity contribution in [1.82, 2.24) is 4.90 Å². The highest BCUT2D eigenvalue weighted by atomic mass is 35.5. The zero-order chi connectivity index (χ0) is 24.1. The molecule has 0 N–H and O–H groups in total. The van der Waals surface area contributed by atoms with Crippen LogP contribution < -0.4 is 9.47 Å². The van der Waals surface area contributed by atoms with Crippen LogP contribution in [0.3, 0.4) is 0 Å². The van der Waals surface area contributed by atoms with E-state index in [-0.39, 0.29) is 12.5 Å². The van der Waals surface area contributed by atoms with Crippen molar-refractivity contribution in [3.05, 3.63) is 93.3 Å². The first kappa shape index (κ1) is 23.9. The summed E-state index contributed by atoms with van der Waals surface area (Å²) in [5, 5.41) is 1.27. The van der Waals surface area contributed by atoms with Crippen LogP contribution in [0, 0.1) is 0 Å². The molecule has 0 unspecified atom stereocenters. The topological polar surface area (TPSA) is 51.1 Å². The molecule has 0 bridgehead atoms. The number of ether oxygens (including phenoxy) is 2. The van der Waals surface area contributed by atoms with Gasteiger partial charge in [0.25, 0.3) is 5.91 Å². The molecule has 0 aromatic heterocycles. The molecule has 0 radical (unpaired) electrons. The minimum Gasteiger partial charge on any atom is -0.493 e. The summed E-state index contributed by atoms with van der Waals surface area (Å²) in [6.45, 7) is 2.37. The van der Waals surface area contributed by atoms with E-state index in [4.69, 9.17) is 26.1 Å². The van der Waals surface area contributed by atoms with Crippen molar-refractivity contribution >= 4 is 46.2 Å². The molecule has 1 amide bonds. The molecule has 0 saturated carbocycles. The number of carbonyl (C=O) groups is 1. The Bertz CT molecular complexity index is 1270. The number of thioether (sulfide) groups is 1. The maximum atomic E-state index is 13.0. The van der Waals surface area contributed by atoms with E-state index in [1.807, 2.05) is 66.7 Å². The van der Waals surface area contributed by atoms with Gasteiger partial charge in [0.15, 0.2) is 16.7 Å². The number of carbonyl (C=O) groups excluding carboxylic acids is 1. The highest BCUT2D eigenvalue weighted by molar-refractivity contribution is 8.18. The summed E-state index contributed by atoms with van der Waals surface area (Å²) in [5.74, 6) is 1.02. The summed E-state index contributed by atoms with van der Waals surface area (Å²) >= 11 is 7.64. The predicted octanol–water partition coefficient (Wildman–Crippen LogP) is 6.72. The Morgan fingerprint density at radius 1 is 1.03 bits per heavy atom. The fourth-order valence-electron chi connectivity index (χ4n) is 3.54. The quantitative estimate of drug-likeness (QED) is 0.343. The summed E-state index contributed by atoms with van der Waals surface area (Å²) < 4.78 is 11.7. The fraction of sp³-hybridized carbons (Fsp3) is 0.185. The van der Waals surface area contributed by atoms with Gasteiger partial charge in [-0.2, -0.15) is 0 Å². The minimum atomic E-state index is -0.113. The van der Waals surface area contributed by atoms with Crippen LogP contribution in [0.4, 0.5) is 5.69 Å². The molecule has 5 nitrogen and oxygen atoms in total. The molecule has 7 heteroatoms. The van der Waals surface area contributed by atoms with E-state index in [9.17, 15) is 4.79 Å². The summed E-state index contributed by atoms with van der Waals surface area (Å²) in [6.07, 6.45) is 2.69. The van der Waals surface area contributed by atoms with Gasteiger partial charge in [0.1, 0.15) is 6.61 Å². The third-order valence-corrected chi connectivity index (χ3v) is 6.87. The molecule has 1 fully saturated rings. The number of benzene rings is 3. The Labute approximate surface area is 209 Å². The predicted molar refractivity (Wildman–Crippen MR) is 140 cm³/mol. The van der Waals surface area contributed by atoms with Crippen molar-refractivity contribution in [2.24, 2.45) is 4.99 Å². The second-order valence-corrected chi connectivity index (χ2v) is 9.03. The van der Waals surface area contributed by atoms with Gasteiger partial charge in [-0.05, 0) is 48.0 Å². The van der Waals surface area contributed by atoms with E-state index in [1.54, 1.807) is 19.1 Å². The lowest BCUT2D eigenvalue weighted by atomic mass is 10.1. The lowest BCUT2D eigenvalue weighted by molar-refractivity contribution is -0.121. The van der Waals surface area contributed by atoms with E-state index in [0.29, 0.717) is 26.6 Å². The van der Waals surface area contributed by atoms with Gasteiger partial charge >= 0.3 is 0 Å². The number of nitrogens with zero attached hydrogens (tertiary/aromatic N) is 2. The number of likely N-dealkylation sites (N-methyl/N-ethyl adjacent to an activating group) is 1. The Morgan fingerprint density at radius 2 is 1.76 bits per heavy atom. The fourth-order valence-corrected chi connectivity index (χ4v) is 4.70. The number of aryl methyl sites for hydroxylation is 1. The monoisotopic (exact) mass is 492 g/mol. The van der Waals surface area contributed by atoms with Crippen molar-refractivity contribution in [3.8, 4) is 11.5 Å². The molecule has 0 aliphatic carbocycles. The first-order valence-electron chi connectivity index (χ1n) is 10.9. The number of rotatable bonds is 7. The molecule has 0 spiro atoms. The lowest BCUT2D eigenvalue weighted by Crippen LogP contribution is -2.23. The van der Waals surface area contributed by atoms with Gasteiger partial charge < -0.3 is 9.47 Å². The largest absolute Gasteiger partial charge is 0.493 e. The van der Waals surface area contributed by atoms with E-state index < -0.39 is 0 Å². The van der Waals surface area contributed by atoms with Crippen LogP contribution in [0.2, 0.25) is 5.02 Å². The van der Waals surface area contributed by atoms with Crippen LogP contribution in [0.15, 0.2) is 76.6 Å². The second-order valence-electron chi connectivity index (χ2n) is 7.61. The Hall–Kier alpha value is -3.22. The van der Waals surface area contributed by atoms with Crippen molar-refractivity contribution in [2.45, 2.75) is 20.0 Å². The summed E-state index contributed by atoms with van der Waals surface area (Å²) in [4.78, 5) is 19.9. The van der Waals surface area contributed by atoms with Gasteiger partial charge in [-0.3, -0.25) is 9.69 Å². The van der Waals surface area contributed by atoms with Crippen molar-refractivity contribution in [2.75, 3.05) is 14.2 Å². The molecule has 3 aromatic carbocycles. The highest BCUT2D eigenvalue weighted by Gasteiger charge is 2.31. The van der Waals surface area contributed by atoms with Crippen LogP contribution in [0.1, 0.15) is 23.6 Å². The highest BCUT2D eigenvalue weighted by Crippen LogP contribution is 2.38. The van der Waals surface area contributed by atoms with Crippen LogP contribution in [0.5, 0.6) is 11.5 Å². The Balaban J connectivity index is 1.65. The minimum absolute atomic E-state index is 0.113. The van der Waals surface area contributed by atoms with Gasteiger partial charge in [0.2, 0.25) is 0 Å². The SMILES string of the molecule is CCc1ccccc1N=C1S/C(=C/c2cccc(OC)c2OCc2ccccc2Cl)C(=O)N1C. The molecule has 174 valence electrons. The van der Waals surface area contributed by atoms with Gasteiger partial charge in [0, 0.05) is 23.2 Å². The lowest BCUT2D eigenvalue weighted by Gasteiger charge is -2.14. The zero-order valence-corrected chi connectivity index (χ0v) is 20.8. The zero-order valence-electron chi connectivity index (χ0n) is 19.2. The molecule has 3 aromatic rings. The second kappa shape index (κ2) is 10.8.